The van der Waals surface area contributed by atoms with Gasteiger partial charge in [0.25, 0.3) is 0 Å². The maximum atomic E-state index is 12.7. The molecule has 2 N–H and O–H groups in total. The highest BCUT2D eigenvalue weighted by Gasteiger charge is 2.38. The van der Waals surface area contributed by atoms with Crippen LogP contribution in [-0.4, -0.2) is 19.2 Å². The van der Waals surface area contributed by atoms with E-state index in [1.165, 1.54) is 0 Å². The molecule has 1 atom stereocenters. The molecule has 7 heteroatoms. The van der Waals surface area contributed by atoms with E-state index < -0.39 is 11.9 Å². The number of carbonyl (C=O) groups is 1. The van der Waals surface area contributed by atoms with E-state index in [0.717, 1.165) is 6.42 Å². The van der Waals surface area contributed by atoms with Gasteiger partial charge in [0, 0.05) is 10.6 Å². The lowest BCUT2D eigenvalue weighted by molar-refractivity contribution is -0.139. The fraction of sp³-hybridized carbons (Fsp3) is 0.429. The summed E-state index contributed by atoms with van der Waals surface area (Å²) in [5, 5.41) is 10.2. The molecule has 6 nitrogen and oxygen atoms in total. The molecule has 28 heavy (non-hydrogen) atoms. The zero-order chi connectivity index (χ0) is 20.8. The van der Waals surface area contributed by atoms with Gasteiger partial charge in [-0.3, -0.25) is 0 Å². The number of hydrogen-bond donors (Lipinski definition) is 1. The molecule has 1 aliphatic rings. The van der Waals surface area contributed by atoms with Crippen LogP contribution in [-0.2, 0) is 14.3 Å². The molecule has 1 aromatic rings. The van der Waals surface area contributed by atoms with Gasteiger partial charge in [-0.25, -0.2) is 4.79 Å². The molecule has 2 rings (SSSR count). The Labute approximate surface area is 170 Å². The summed E-state index contributed by atoms with van der Waals surface area (Å²) in [5.74, 6) is -0.114. The largest absolute Gasteiger partial charge is 0.493 e. The van der Waals surface area contributed by atoms with Gasteiger partial charge in [0.15, 0.2) is 0 Å². The first-order valence-electron chi connectivity index (χ1n) is 9.17. The third-order valence-electron chi connectivity index (χ3n) is 4.34. The van der Waals surface area contributed by atoms with E-state index in [1.807, 2.05) is 0 Å². The van der Waals surface area contributed by atoms with E-state index in [4.69, 9.17) is 31.5 Å². The molecule has 0 saturated carbocycles. The first-order valence-corrected chi connectivity index (χ1v) is 9.55. The van der Waals surface area contributed by atoms with Crippen LogP contribution in [0, 0.1) is 17.2 Å². The molecule has 1 aromatic carbocycles. The maximum absolute atomic E-state index is 12.7. The quantitative estimate of drug-likeness (QED) is 0.676. The van der Waals surface area contributed by atoms with Crippen molar-refractivity contribution in [2.24, 2.45) is 11.7 Å². The average Bonchev–Trinajstić information content (AvgIpc) is 2.62. The number of benzene rings is 1. The highest BCUT2D eigenvalue weighted by Crippen LogP contribution is 2.43. The lowest BCUT2D eigenvalue weighted by atomic mass is 9.82. The Morgan fingerprint density at radius 2 is 2.14 bits per heavy atom. The number of allylic oxidation sites excluding steroid dienone is 2. The molecule has 1 heterocycles. The molecule has 0 saturated heterocycles. The van der Waals surface area contributed by atoms with Gasteiger partial charge in [-0.05, 0) is 44.4 Å². The van der Waals surface area contributed by atoms with Crippen molar-refractivity contribution in [3.05, 3.63) is 51.6 Å². The SMILES string of the molecule is CCOC(=O)C1=C(C)OC(N)=C(C#N)C1c1cc(Cl)ccc1OCCC(C)C. The summed E-state index contributed by atoms with van der Waals surface area (Å²) < 4.78 is 16.6. The van der Waals surface area contributed by atoms with Crippen LogP contribution >= 0.6 is 11.6 Å². The Morgan fingerprint density at radius 1 is 1.43 bits per heavy atom. The van der Waals surface area contributed by atoms with Crippen molar-refractivity contribution in [2.45, 2.75) is 40.0 Å². The van der Waals surface area contributed by atoms with Crippen LogP contribution < -0.4 is 10.5 Å². The molecule has 0 aliphatic carbocycles. The van der Waals surface area contributed by atoms with Crippen LogP contribution in [0.15, 0.2) is 41.0 Å². The Kier molecular flexibility index (Phi) is 7.36. The van der Waals surface area contributed by atoms with E-state index in [0.29, 0.717) is 28.9 Å². The number of carbonyl (C=O) groups excluding carboxylic acids is 1. The highest BCUT2D eigenvalue weighted by molar-refractivity contribution is 6.30. The standard InChI is InChI=1S/C21H25ClN2O4/c1-5-26-21(25)18-13(4)28-20(24)16(11-23)19(18)15-10-14(22)6-7-17(15)27-9-8-12(2)3/h6-7,10,12,19H,5,8-9,24H2,1-4H3. The van der Waals surface area contributed by atoms with Crippen molar-refractivity contribution in [1.82, 2.24) is 0 Å². The summed E-state index contributed by atoms with van der Waals surface area (Å²) in [7, 11) is 0. The van der Waals surface area contributed by atoms with Crippen molar-refractivity contribution < 1.29 is 19.0 Å². The van der Waals surface area contributed by atoms with Gasteiger partial charge in [0.05, 0.1) is 24.7 Å². The minimum atomic E-state index is -0.787. The second-order valence-electron chi connectivity index (χ2n) is 6.83. The Morgan fingerprint density at radius 3 is 2.75 bits per heavy atom. The minimum Gasteiger partial charge on any atom is -0.493 e. The number of nitriles is 1. The van der Waals surface area contributed by atoms with Gasteiger partial charge in [0.2, 0.25) is 5.88 Å². The number of ether oxygens (including phenoxy) is 3. The zero-order valence-corrected chi connectivity index (χ0v) is 17.3. The van der Waals surface area contributed by atoms with Crippen molar-refractivity contribution in [1.29, 1.82) is 5.26 Å². The van der Waals surface area contributed by atoms with Crippen molar-refractivity contribution >= 4 is 17.6 Å². The van der Waals surface area contributed by atoms with Gasteiger partial charge in [-0.2, -0.15) is 5.26 Å². The Hall–Kier alpha value is -2.65. The zero-order valence-electron chi connectivity index (χ0n) is 16.5. The second kappa shape index (κ2) is 9.52. The van der Waals surface area contributed by atoms with E-state index >= 15 is 0 Å². The van der Waals surface area contributed by atoms with Crippen LogP contribution in [0.3, 0.4) is 0 Å². The highest BCUT2D eigenvalue weighted by atomic mass is 35.5. The summed E-state index contributed by atoms with van der Waals surface area (Å²) >= 11 is 6.22. The topological polar surface area (TPSA) is 94.6 Å². The molecule has 0 radical (unpaired) electrons. The molecular weight excluding hydrogens is 380 g/mol. The molecule has 0 spiro atoms. The fourth-order valence-electron chi connectivity index (χ4n) is 2.95. The van der Waals surface area contributed by atoms with Gasteiger partial charge in [-0.1, -0.05) is 25.4 Å². The summed E-state index contributed by atoms with van der Waals surface area (Å²) in [5.41, 5.74) is 6.84. The van der Waals surface area contributed by atoms with Crippen LogP contribution in [0.2, 0.25) is 5.02 Å². The number of nitrogens with zero attached hydrogens (tertiary/aromatic N) is 1. The lowest BCUT2D eigenvalue weighted by Crippen LogP contribution is -2.26. The number of nitrogens with two attached hydrogens (primary N) is 1. The predicted molar refractivity (Wildman–Crippen MR) is 106 cm³/mol. The summed E-state index contributed by atoms with van der Waals surface area (Å²) in [6, 6.07) is 7.18. The number of halogens is 1. The monoisotopic (exact) mass is 404 g/mol. The fourth-order valence-corrected chi connectivity index (χ4v) is 3.13. The van der Waals surface area contributed by atoms with Crippen LogP contribution in [0.5, 0.6) is 5.75 Å². The van der Waals surface area contributed by atoms with Gasteiger partial charge < -0.3 is 19.9 Å². The second-order valence-corrected chi connectivity index (χ2v) is 7.26. The molecule has 0 bridgehead atoms. The first kappa shape index (κ1) is 21.6. The Balaban J connectivity index is 2.59. The third kappa shape index (κ3) is 4.79. The molecule has 0 amide bonds. The normalized spacial score (nSPS) is 16.7. The van der Waals surface area contributed by atoms with Crippen LogP contribution in [0.1, 0.15) is 45.6 Å². The van der Waals surface area contributed by atoms with Gasteiger partial charge >= 0.3 is 5.97 Å². The van der Waals surface area contributed by atoms with E-state index in [1.54, 1.807) is 32.0 Å². The number of esters is 1. The number of rotatable bonds is 7. The summed E-state index contributed by atoms with van der Waals surface area (Å²) in [6.07, 6.45) is 0.860. The molecule has 0 aromatic heterocycles. The van der Waals surface area contributed by atoms with E-state index in [2.05, 4.69) is 19.9 Å². The first-order chi connectivity index (χ1) is 13.3. The van der Waals surface area contributed by atoms with Gasteiger partial charge in [0.1, 0.15) is 23.2 Å². The third-order valence-corrected chi connectivity index (χ3v) is 4.57. The van der Waals surface area contributed by atoms with E-state index in [-0.39, 0.29) is 29.4 Å². The predicted octanol–water partition coefficient (Wildman–Crippen LogP) is 4.41. The van der Waals surface area contributed by atoms with Gasteiger partial charge in [-0.15, -0.1) is 0 Å². The molecule has 150 valence electrons. The number of hydrogen-bond acceptors (Lipinski definition) is 6. The smallest absolute Gasteiger partial charge is 0.338 e. The van der Waals surface area contributed by atoms with Crippen LogP contribution in [0.25, 0.3) is 0 Å². The molecule has 1 aliphatic heterocycles. The lowest BCUT2D eigenvalue weighted by Gasteiger charge is -2.28. The van der Waals surface area contributed by atoms with Crippen molar-refractivity contribution in [2.75, 3.05) is 13.2 Å². The molecule has 1 unspecified atom stereocenters. The van der Waals surface area contributed by atoms with Crippen molar-refractivity contribution in [3.63, 3.8) is 0 Å². The Bertz CT molecular complexity index is 852. The summed E-state index contributed by atoms with van der Waals surface area (Å²) in [6.45, 7) is 8.22. The summed E-state index contributed by atoms with van der Waals surface area (Å²) in [4.78, 5) is 12.7. The van der Waals surface area contributed by atoms with Crippen LogP contribution in [0.4, 0.5) is 0 Å². The van der Waals surface area contributed by atoms with Crippen molar-refractivity contribution in [3.8, 4) is 11.8 Å². The van der Waals surface area contributed by atoms with E-state index in [9.17, 15) is 10.1 Å². The molecule has 0 fully saturated rings. The molecular formula is C21H25ClN2O4. The minimum absolute atomic E-state index is 0.0499. The maximum Gasteiger partial charge on any atom is 0.338 e. The average molecular weight is 405 g/mol.